The molecule has 0 fully saturated rings. The van der Waals surface area contributed by atoms with Crippen LogP contribution in [0.3, 0.4) is 0 Å². The third-order valence-electron chi connectivity index (χ3n) is 3.45. The Hall–Kier alpha value is -1.06. The minimum atomic E-state index is -4.66. The Morgan fingerprint density at radius 3 is 2.14 bits per heavy atom. The van der Waals surface area contributed by atoms with E-state index in [0.29, 0.717) is 23.2 Å². The summed E-state index contributed by atoms with van der Waals surface area (Å²) in [6.07, 6.45) is -3.87. The number of halogens is 8. The molecule has 0 spiro atoms. The number of rotatable bonds is 4. The van der Waals surface area contributed by atoms with Crippen molar-refractivity contribution in [1.82, 2.24) is 9.78 Å². The van der Waals surface area contributed by atoms with Crippen LogP contribution in [0.2, 0.25) is 10.0 Å². The van der Waals surface area contributed by atoms with Crippen LogP contribution in [0.4, 0.5) is 18.0 Å². The fourth-order valence-electron chi connectivity index (χ4n) is 2.36. The van der Waals surface area contributed by atoms with E-state index in [2.05, 4.69) is 5.10 Å². The summed E-state index contributed by atoms with van der Waals surface area (Å²) in [7, 11) is 0. The lowest BCUT2D eigenvalue weighted by Gasteiger charge is -2.15. The van der Waals surface area contributed by atoms with Crippen molar-refractivity contribution in [3.63, 3.8) is 0 Å². The maximum atomic E-state index is 12.9. The first-order valence-electron chi connectivity index (χ1n) is 7.50. The lowest BCUT2D eigenvalue weighted by molar-refractivity contribution is -0.137. The van der Waals surface area contributed by atoms with Crippen LogP contribution >= 0.6 is 58.0 Å². The zero-order valence-corrected chi connectivity index (χ0v) is 17.7. The number of nitrogens with two attached hydrogens (primary N) is 1. The molecule has 0 aliphatic carbocycles. The third kappa shape index (κ3) is 4.91. The van der Waals surface area contributed by atoms with Crippen LogP contribution in [0.15, 0.2) is 12.1 Å². The summed E-state index contributed by atoms with van der Waals surface area (Å²) >= 11 is 29.6. The van der Waals surface area contributed by atoms with Crippen molar-refractivity contribution in [2.75, 3.05) is 0 Å². The van der Waals surface area contributed by atoms with Gasteiger partial charge in [-0.15, -0.1) is 5.10 Å². The average molecular weight is 500 g/mol. The van der Waals surface area contributed by atoms with E-state index in [-0.39, 0.29) is 29.3 Å². The maximum absolute atomic E-state index is 12.9. The van der Waals surface area contributed by atoms with Crippen LogP contribution in [0.5, 0.6) is 11.6 Å². The van der Waals surface area contributed by atoms with Crippen LogP contribution in [-0.2, 0) is 16.4 Å². The Morgan fingerprint density at radius 1 is 1.21 bits per heavy atom. The van der Waals surface area contributed by atoms with Gasteiger partial charge < -0.3 is 10.5 Å². The quantitative estimate of drug-likeness (QED) is 0.476. The van der Waals surface area contributed by atoms with Gasteiger partial charge in [0.05, 0.1) is 15.6 Å². The lowest BCUT2D eigenvalue weighted by Crippen LogP contribution is -2.26. The third-order valence-corrected chi connectivity index (χ3v) is 4.55. The van der Waals surface area contributed by atoms with Gasteiger partial charge in [-0.25, -0.2) is 4.79 Å². The molecular weight excluding hydrogens is 488 g/mol. The molecule has 1 heterocycles. The number of carbonyl (C=O) groups excluding carboxylic acids is 1. The second kappa shape index (κ2) is 8.36. The largest absolute Gasteiger partial charge is 0.434 e. The van der Waals surface area contributed by atoms with Crippen LogP contribution in [0.25, 0.3) is 0 Å². The first-order chi connectivity index (χ1) is 12.8. The van der Waals surface area contributed by atoms with Gasteiger partial charge in [-0.1, -0.05) is 71.3 Å². The Bertz CT molecular complexity index is 887. The van der Waals surface area contributed by atoms with Gasteiger partial charge in [-0.3, -0.25) is 0 Å². The zero-order valence-electron chi connectivity index (χ0n) is 13.9. The van der Waals surface area contributed by atoms with Crippen molar-refractivity contribution < 1.29 is 22.7 Å². The maximum Gasteiger partial charge on any atom is 0.416 e. The molecule has 1 amide bonds. The molecule has 0 radical (unpaired) electrons. The number of aromatic nitrogens is 2. The molecule has 13 heteroatoms. The summed E-state index contributed by atoms with van der Waals surface area (Å²) < 4.78 is 42.7. The number of carbonyl (C=O) groups is 1. The smallest absolute Gasteiger partial charge is 0.416 e. The van der Waals surface area contributed by atoms with E-state index in [1.807, 2.05) is 0 Å². The van der Waals surface area contributed by atoms with Gasteiger partial charge in [0.2, 0.25) is 9.67 Å². The van der Waals surface area contributed by atoms with Crippen molar-refractivity contribution in [3.05, 3.63) is 39.0 Å². The van der Waals surface area contributed by atoms with E-state index in [9.17, 15) is 18.0 Å². The number of amides is 1. The zero-order chi connectivity index (χ0) is 21.4. The van der Waals surface area contributed by atoms with Crippen LogP contribution < -0.4 is 10.5 Å². The highest BCUT2D eigenvalue weighted by Crippen LogP contribution is 2.46. The van der Waals surface area contributed by atoms with E-state index in [0.717, 1.165) is 0 Å². The van der Waals surface area contributed by atoms with Crippen molar-refractivity contribution in [2.24, 2.45) is 5.73 Å². The average Bonchev–Trinajstić information content (AvgIpc) is 2.89. The molecule has 0 bridgehead atoms. The van der Waals surface area contributed by atoms with E-state index in [1.54, 1.807) is 6.92 Å². The highest BCUT2D eigenvalue weighted by atomic mass is 35.6. The predicted octanol–water partition coefficient (Wildman–Crippen LogP) is 6.71. The van der Waals surface area contributed by atoms with Gasteiger partial charge in [0, 0.05) is 5.56 Å². The molecule has 2 aromatic rings. The predicted molar refractivity (Wildman–Crippen MR) is 102 cm³/mol. The molecule has 154 valence electrons. The van der Waals surface area contributed by atoms with Gasteiger partial charge in [-0.2, -0.15) is 17.9 Å². The Labute approximate surface area is 182 Å². The molecule has 5 nitrogen and oxygen atoms in total. The molecule has 0 saturated heterocycles. The Morgan fingerprint density at radius 2 is 1.75 bits per heavy atom. The molecule has 2 N–H and O–H groups in total. The molecule has 0 aliphatic heterocycles. The van der Waals surface area contributed by atoms with Gasteiger partial charge in [0.15, 0.2) is 5.75 Å². The summed E-state index contributed by atoms with van der Waals surface area (Å²) in [6, 6.07) is 0.227. The van der Waals surface area contributed by atoms with Gasteiger partial charge in [0.25, 0.3) is 0 Å². The number of nitrogens with zero attached hydrogens (tertiary/aromatic N) is 2. The van der Waals surface area contributed by atoms with E-state index < -0.39 is 31.6 Å². The van der Waals surface area contributed by atoms with Gasteiger partial charge in [0.1, 0.15) is 5.69 Å². The minimum Gasteiger partial charge on any atom is -0.434 e. The van der Waals surface area contributed by atoms with Crippen molar-refractivity contribution in [2.45, 2.75) is 29.7 Å². The lowest BCUT2D eigenvalue weighted by atomic mass is 10.1. The van der Waals surface area contributed by atoms with E-state index in [1.165, 1.54) is 0 Å². The summed E-state index contributed by atoms with van der Waals surface area (Å²) in [5, 5.41) is 3.02. The number of benzene rings is 1. The van der Waals surface area contributed by atoms with Crippen molar-refractivity contribution in [1.29, 1.82) is 0 Å². The molecule has 28 heavy (non-hydrogen) atoms. The summed E-state index contributed by atoms with van der Waals surface area (Å²) in [4.78, 5) is 11.7. The first kappa shape index (κ1) is 23.2. The first-order valence-corrected chi connectivity index (χ1v) is 9.39. The van der Waals surface area contributed by atoms with Crippen molar-refractivity contribution >= 4 is 64.0 Å². The number of primary amides is 1. The standard InChI is InChI=1S/C15H11Cl5F3N3O2/c1-2-3-7-11(14(18,19)20)26(13(24)27)25-12(7)28-10-8(16)4-6(5-9(10)17)15(21,22)23/h4-5H,2-3H2,1H3,(H2,24,27). The van der Waals surface area contributed by atoms with E-state index >= 15 is 0 Å². The second-order valence-corrected chi connectivity index (χ2v) is 8.59. The fraction of sp³-hybridized carbons (Fsp3) is 0.333. The van der Waals surface area contributed by atoms with Gasteiger partial charge in [-0.05, 0) is 18.6 Å². The SMILES string of the molecule is CCCc1c(Oc2c(Cl)cc(C(F)(F)F)cc2Cl)nn(C(N)=O)c1C(Cl)(Cl)Cl. The molecule has 0 saturated carbocycles. The van der Waals surface area contributed by atoms with Gasteiger partial charge >= 0.3 is 12.2 Å². The number of hydrogen-bond donors (Lipinski definition) is 1. The Balaban J connectivity index is 2.63. The normalized spacial score (nSPS) is 12.3. The summed E-state index contributed by atoms with van der Waals surface area (Å²) in [6.45, 7) is 1.80. The summed E-state index contributed by atoms with van der Waals surface area (Å²) in [5.74, 6) is -0.538. The second-order valence-electron chi connectivity index (χ2n) is 5.50. The number of hydrogen-bond acceptors (Lipinski definition) is 3. The highest BCUT2D eigenvalue weighted by molar-refractivity contribution is 6.66. The van der Waals surface area contributed by atoms with Crippen LogP contribution in [-0.4, -0.2) is 15.8 Å². The summed E-state index contributed by atoms with van der Waals surface area (Å²) in [5.41, 5.74) is 4.27. The monoisotopic (exact) mass is 497 g/mol. The highest BCUT2D eigenvalue weighted by Gasteiger charge is 2.37. The van der Waals surface area contributed by atoms with Crippen LogP contribution in [0, 0.1) is 0 Å². The Kier molecular flexibility index (Phi) is 6.93. The topological polar surface area (TPSA) is 70.1 Å². The molecule has 1 aromatic carbocycles. The molecule has 1 aromatic heterocycles. The molecule has 0 aliphatic rings. The molecular formula is C15H11Cl5F3N3O2. The molecule has 0 atom stereocenters. The molecule has 2 rings (SSSR count). The van der Waals surface area contributed by atoms with Crippen molar-refractivity contribution in [3.8, 4) is 11.6 Å². The van der Waals surface area contributed by atoms with Crippen LogP contribution in [0.1, 0.15) is 30.2 Å². The number of ether oxygens (including phenoxy) is 1. The van der Waals surface area contributed by atoms with E-state index in [4.69, 9.17) is 68.5 Å². The number of alkyl halides is 6. The minimum absolute atomic E-state index is 0.152. The fourth-order valence-corrected chi connectivity index (χ4v) is 3.50. The molecule has 0 unspecified atom stereocenters.